The van der Waals surface area contributed by atoms with Gasteiger partial charge in [-0.2, -0.15) is 10.1 Å². The highest BCUT2D eigenvalue weighted by molar-refractivity contribution is 7.80. The molecule has 0 amide bonds. The van der Waals surface area contributed by atoms with E-state index in [0.717, 1.165) is 0 Å². The van der Waals surface area contributed by atoms with Crippen molar-refractivity contribution in [2.45, 2.75) is 19.9 Å². The van der Waals surface area contributed by atoms with Gasteiger partial charge in [0.05, 0.1) is 12.4 Å². The Morgan fingerprint density at radius 3 is 2.89 bits per heavy atom. The summed E-state index contributed by atoms with van der Waals surface area (Å²) in [7, 11) is 0. The van der Waals surface area contributed by atoms with Crippen molar-refractivity contribution in [2.75, 3.05) is 0 Å². The lowest BCUT2D eigenvalue weighted by Gasteiger charge is -2.04. The van der Waals surface area contributed by atoms with Crippen LogP contribution < -0.4 is 10.5 Å². The molecule has 2 heterocycles. The lowest BCUT2D eigenvalue weighted by molar-refractivity contribution is 0.438. The summed E-state index contributed by atoms with van der Waals surface area (Å²) in [5.41, 5.74) is 5.97. The van der Waals surface area contributed by atoms with E-state index in [-0.39, 0.29) is 17.0 Å². The van der Waals surface area contributed by atoms with E-state index in [1.165, 1.54) is 0 Å². The quantitative estimate of drug-likeness (QED) is 0.845. The normalized spacial score (nSPS) is 10.6. The van der Waals surface area contributed by atoms with Gasteiger partial charge in [0.25, 0.3) is 0 Å². The third-order valence-corrected chi connectivity index (χ3v) is 2.41. The Hall–Kier alpha value is -2.02. The van der Waals surface area contributed by atoms with Crippen molar-refractivity contribution >= 4 is 17.2 Å². The van der Waals surface area contributed by atoms with Crippen LogP contribution in [0.3, 0.4) is 0 Å². The van der Waals surface area contributed by atoms with E-state index < -0.39 is 0 Å². The van der Waals surface area contributed by atoms with Crippen LogP contribution in [0.1, 0.15) is 25.6 Å². The molecule has 0 aliphatic rings. The number of nitrogens with zero attached hydrogens (tertiary/aromatic N) is 4. The summed E-state index contributed by atoms with van der Waals surface area (Å²) in [6.07, 6.45) is 4.93. The molecule has 2 aromatic heterocycles. The van der Waals surface area contributed by atoms with E-state index in [9.17, 15) is 0 Å². The van der Waals surface area contributed by atoms with Gasteiger partial charge in [0.2, 0.25) is 0 Å². The molecule has 0 saturated heterocycles. The van der Waals surface area contributed by atoms with Crippen molar-refractivity contribution in [3.63, 3.8) is 0 Å². The third kappa shape index (κ3) is 2.80. The Balaban J connectivity index is 2.17. The molecule has 6 nitrogen and oxygen atoms in total. The highest BCUT2D eigenvalue weighted by Gasteiger charge is 2.07. The Bertz CT molecular complexity index is 566. The first-order valence-electron chi connectivity index (χ1n) is 5.41. The first-order chi connectivity index (χ1) is 8.56. The fraction of sp³-hybridized carbons (Fsp3) is 0.273. The van der Waals surface area contributed by atoms with Crippen molar-refractivity contribution in [1.29, 1.82) is 0 Å². The maximum Gasteiger partial charge on any atom is 0.322 e. The highest BCUT2D eigenvalue weighted by Crippen LogP contribution is 2.18. The van der Waals surface area contributed by atoms with Crippen LogP contribution in [0.2, 0.25) is 0 Å². The summed E-state index contributed by atoms with van der Waals surface area (Å²) in [5.74, 6) is 0.573. The summed E-state index contributed by atoms with van der Waals surface area (Å²) >= 11 is 4.84. The van der Waals surface area contributed by atoms with Gasteiger partial charge in [0.1, 0.15) is 10.7 Å². The molecule has 0 atom stereocenters. The number of hydrogen-bond acceptors (Lipinski definition) is 5. The molecule has 0 fully saturated rings. The molecule has 0 radical (unpaired) electrons. The van der Waals surface area contributed by atoms with Gasteiger partial charge in [-0.25, -0.2) is 4.98 Å². The van der Waals surface area contributed by atoms with E-state index in [2.05, 4.69) is 15.1 Å². The molecule has 7 heteroatoms. The van der Waals surface area contributed by atoms with Gasteiger partial charge in [0.15, 0.2) is 5.75 Å². The predicted octanol–water partition coefficient (Wildman–Crippen LogP) is 1.68. The molecule has 0 aliphatic heterocycles. The van der Waals surface area contributed by atoms with Crippen LogP contribution in [0.15, 0.2) is 24.7 Å². The standard InChI is InChI=1S/C11H13N5OS/c1-7(2)16-6-8(5-14-16)17-11-13-4-3-9(15-11)10(12)18/h3-7H,1-2H3,(H2,12,18). The molecular weight excluding hydrogens is 250 g/mol. The number of hydrogen-bond donors (Lipinski definition) is 1. The maximum absolute atomic E-state index is 5.49. The zero-order chi connectivity index (χ0) is 13.1. The molecule has 0 aliphatic carbocycles. The maximum atomic E-state index is 5.49. The molecule has 0 spiro atoms. The van der Waals surface area contributed by atoms with Gasteiger partial charge in [-0.05, 0) is 19.9 Å². The second kappa shape index (κ2) is 5.09. The average Bonchev–Trinajstić information content (AvgIpc) is 2.78. The molecule has 0 saturated carbocycles. The van der Waals surface area contributed by atoms with Crippen molar-refractivity contribution in [3.05, 3.63) is 30.4 Å². The Morgan fingerprint density at radius 1 is 1.50 bits per heavy atom. The van der Waals surface area contributed by atoms with E-state index in [1.807, 2.05) is 13.8 Å². The number of thiocarbonyl (C=S) groups is 1. The predicted molar refractivity (Wildman–Crippen MR) is 70.6 cm³/mol. The number of nitrogens with two attached hydrogens (primary N) is 1. The van der Waals surface area contributed by atoms with Gasteiger partial charge >= 0.3 is 6.01 Å². The zero-order valence-corrected chi connectivity index (χ0v) is 10.9. The van der Waals surface area contributed by atoms with E-state index in [0.29, 0.717) is 11.4 Å². The molecule has 18 heavy (non-hydrogen) atoms. The molecule has 94 valence electrons. The minimum atomic E-state index is 0.198. The Labute approximate surface area is 110 Å². The van der Waals surface area contributed by atoms with Crippen molar-refractivity contribution in [2.24, 2.45) is 5.73 Å². The highest BCUT2D eigenvalue weighted by atomic mass is 32.1. The van der Waals surface area contributed by atoms with Crippen molar-refractivity contribution < 1.29 is 4.74 Å². The number of aromatic nitrogens is 4. The molecule has 0 unspecified atom stereocenters. The summed E-state index contributed by atoms with van der Waals surface area (Å²) in [4.78, 5) is 8.28. The Kier molecular flexibility index (Phi) is 3.52. The zero-order valence-electron chi connectivity index (χ0n) is 10.1. The molecule has 2 rings (SSSR count). The van der Waals surface area contributed by atoms with E-state index in [1.54, 1.807) is 29.3 Å². The molecule has 2 aromatic rings. The van der Waals surface area contributed by atoms with Gasteiger partial charge in [0, 0.05) is 12.2 Å². The lowest BCUT2D eigenvalue weighted by atomic mass is 10.4. The van der Waals surface area contributed by atoms with Crippen LogP contribution in [-0.4, -0.2) is 24.7 Å². The van der Waals surface area contributed by atoms with Gasteiger partial charge in [-0.15, -0.1) is 0 Å². The molecule has 0 bridgehead atoms. The Morgan fingerprint density at radius 2 is 2.28 bits per heavy atom. The van der Waals surface area contributed by atoms with Crippen LogP contribution in [0.5, 0.6) is 11.8 Å². The summed E-state index contributed by atoms with van der Waals surface area (Å²) in [6.45, 7) is 4.06. The summed E-state index contributed by atoms with van der Waals surface area (Å²) < 4.78 is 7.26. The van der Waals surface area contributed by atoms with Crippen LogP contribution in [0.4, 0.5) is 0 Å². The molecule has 0 aromatic carbocycles. The van der Waals surface area contributed by atoms with Crippen molar-refractivity contribution in [3.8, 4) is 11.8 Å². The third-order valence-electron chi connectivity index (χ3n) is 2.20. The SMILES string of the molecule is CC(C)n1cc(Oc2nccc(C(N)=S)n2)cn1. The fourth-order valence-electron chi connectivity index (χ4n) is 1.29. The van der Waals surface area contributed by atoms with Gasteiger partial charge < -0.3 is 10.5 Å². The van der Waals surface area contributed by atoms with Gasteiger partial charge in [-0.1, -0.05) is 12.2 Å². The second-order valence-electron chi connectivity index (χ2n) is 3.94. The largest absolute Gasteiger partial charge is 0.421 e. The molecular formula is C11H13N5OS. The number of rotatable bonds is 4. The molecule has 2 N–H and O–H groups in total. The fourth-order valence-corrected chi connectivity index (χ4v) is 1.40. The smallest absolute Gasteiger partial charge is 0.322 e. The van der Waals surface area contributed by atoms with Crippen LogP contribution in [0.25, 0.3) is 0 Å². The van der Waals surface area contributed by atoms with Crippen LogP contribution in [0, 0.1) is 0 Å². The average molecular weight is 263 g/mol. The summed E-state index contributed by atoms with van der Waals surface area (Å²) in [6, 6.07) is 2.10. The summed E-state index contributed by atoms with van der Waals surface area (Å²) in [5, 5.41) is 4.16. The van der Waals surface area contributed by atoms with Crippen molar-refractivity contribution in [1.82, 2.24) is 19.7 Å². The number of ether oxygens (including phenoxy) is 1. The lowest BCUT2D eigenvalue weighted by Crippen LogP contribution is -2.12. The minimum absolute atomic E-state index is 0.198. The van der Waals surface area contributed by atoms with E-state index in [4.69, 9.17) is 22.7 Å². The second-order valence-corrected chi connectivity index (χ2v) is 4.38. The monoisotopic (exact) mass is 263 g/mol. The van der Waals surface area contributed by atoms with Crippen LogP contribution >= 0.6 is 12.2 Å². The first-order valence-corrected chi connectivity index (χ1v) is 5.82. The van der Waals surface area contributed by atoms with Gasteiger partial charge in [-0.3, -0.25) is 4.68 Å². The topological polar surface area (TPSA) is 78.9 Å². The minimum Gasteiger partial charge on any atom is -0.421 e. The van der Waals surface area contributed by atoms with E-state index >= 15 is 0 Å². The first kappa shape index (κ1) is 12.4. The van der Waals surface area contributed by atoms with Crippen LogP contribution in [-0.2, 0) is 0 Å².